The molecule has 1 aromatic carbocycles. The molecule has 0 aliphatic carbocycles. The zero-order valence-electron chi connectivity index (χ0n) is 17.8. The molecule has 0 saturated heterocycles. The number of ether oxygens (including phenoxy) is 2. The highest BCUT2D eigenvalue weighted by atomic mass is 16.5. The average molecular weight is 375 g/mol. The molecule has 1 atom stereocenters. The lowest BCUT2D eigenvalue weighted by atomic mass is 9.84. The number of hydrogen-bond donors (Lipinski definition) is 1. The second kappa shape index (κ2) is 10.3. The SMILES string of the molecule is CC[C@@H](C)Oc1ccc(NC(=O)C(CC(C)C)(CC(C)C)OC)c(C#N)c1. The minimum atomic E-state index is -0.916. The van der Waals surface area contributed by atoms with Crippen LogP contribution < -0.4 is 10.1 Å². The first-order valence-electron chi connectivity index (χ1n) is 9.74. The van der Waals surface area contributed by atoms with E-state index in [4.69, 9.17) is 9.47 Å². The van der Waals surface area contributed by atoms with Crippen molar-refractivity contribution >= 4 is 11.6 Å². The van der Waals surface area contributed by atoms with Crippen LogP contribution in [0.15, 0.2) is 18.2 Å². The van der Waals surface area contributed by atoms with Gasteiger partial charge in [0.1, 0.15) is 17.4 Å². The van der Waals surface area contributed by atoms with Crippen molar-refractivity contribution in [2.75, 3.05) is 12.4 Å². The van der Waals surface area contributed by atoms with Gasteiger partial charge >= 0.3 is 0 Å². The van der Waals surface area contributed by atoms with Gasteiger partial charge < -0.3 is 14.8 Å². The predicted octanol–water partition coefficient (Wildman–Crippen LogP) is 5.15. The van der Waals surface area contributed by atoms with Crippen molar-refractivity contribution in [2.24, 2.45) is 11.8 Å². The number of amides is 1. The fraction of sp³-hybridized carbons (Fsp3) is 0.636. The summed E-state index contributed by atoms with van der Waals surface area (Å²) in [6.07, 6.45) is 2.17. The number of hydrogen-bond acceptors (Lipinski definition) is 4. The molecular formula is C22H34N2O3. The Bertz CT molecular complexity index is 652. The minimum absolute atomic E-state index is 0.0650. The summed E-state index contributed by atoms with van der Waals surface area (Å²) in [5.41, 5.74) is -0.0581. The molecule has 1 rings (SSSR count). The Kier molecular flexibility index (Phi) is 8.78. The maximum absolute atomic E-state index is 13.1. The van der Waals surface area contributed by atoms with E-state index in [1.54, 1.807) is 25.3 Å². The number of rotatable bonds is 10. The molecule has 0 aliphatic rings. The molecule has 1 amide bonds. The van der Waals surface area contributed by atoms with Gasteiger partial charge in [-0.15, -0.1) is 0 Å². The third-order valence-corrected chi connectivity index (χ3v) is 4.55. The second-order valence-electron chi connectivity index (χ2n) is 8.00. The topological polar surface area (TPSA) is 71.3 Å². The summed E-state index contributed by atoms with van der Waals surface area (Å²) in [4.78, 5) is 13.1. The van der Waals surface area contributed by atoms with Crippen molar-refractivity contribution in [3.8, 4) is 11.8 Å². The van der Waals surface area contributed by atoms with Gasteiger partial charge in [0.05, 0.1) is 17.4 Å². The van der Waals surface area contributed by atoms with Crippen LogP contribution in [-0.4, -0.2) is 24.7 Å². The highest BCUT2D eigenvalue weighted by Crippen LogP contribution is 2.31. The summed E-state index contributed by atoms with van der Waals surface area (Å²) in [5.74, 6) is 1.02. The Balaban J connectivity index is 3.12. The van der Waals surface area contributed by atoms with Crippen molar-refractivity contribution in [1.29, 1.82) is 5.26 Å². The second-order valence-corrected chi connectivity index (χ2v) is 8.00. The minimum Gasteiger partial charge on any atom is -0.491 e. The first-order chi connectivity index (χ1) is 12.7. The third kappa shape index (κ3) is 6.55. The summed E-state index contributed by atoms with van der Waals surface area (Å²) in [6, 6.07) is 7.32. The molecule has 0 bridgehead atoms. The van der Waals surface area contributed by atoms with Crippen LogP contribution in [0.3, 0.4) is 0 Å². The van der Waals surface area contributed by atoms with E-state index in [9.17, 15) is 10.1 Å². The zero-order chi connectivity index (χ0) is 20.6. The Morgan fingerprint density at radius 3 is 2.22 bits per heavy atom. The quantitative estimate of drug-likeness (QED) is 0.614. The molecule has 0 aromatic heterocycles. The van der Waals surface area contributed by atoms with E-state index in [1.165, 1.54) is 0 Å². The zero-order valence-corrected chi connectivity index (χ0v) is 17.8. The van der Waals surface area contributed by atoms with Crippen LogP contribution >= 0.6 is 0 Å². The molecule has 1 N–H and O–H groups in total. The average Bonchev–Trinajstić information content (AvgIpc) is 2.61. The summed E-state index contributed by atoms with van der Waals surface area (Å²) < 4.78 is 11.5. The van der Waals surface area contributed by atoms with Crippen molar-refractivity contribution in [1.82, 2.24) is 0 Å². The van der Waals surface area contributed by atoms with Crippen LogP contribution in [0, 0.1) is 23.2 Å². The number of carbonyl (C=O) groups is 1. The molecule has 150 valence electrons. The number of nitrogens with one attached hydrogen (secondary N) is 1. The fourth-order valence-corrected chi connectivity index (χ4v) is 3.20. The van der Waals surface area contributed by atoms with Gasteiger partial charge in [-0.05, 0) is 50.2 Å². The lowest BCUT2D eigenvalue weighted by Gasteiger charge is -2.34. The number of methoxy groups -OCH3 is 1. The first-order valence-corrected chi connectivity index (χ1v) is 9.74. The van der Waals surface area contributed by atoms with Crippen LogP contribution in [0.1, 0.15) is 66.4 Å². The van der Waals surface area contributed by atoms with Crippen molar-refractivity contribution in [3.63, 3.8) is 0 Å². The molecular weight excluding hydrogens is 340 g/mol. The van der Waals surface area contributed by atoms with E-state index in [0.29, 0.717) is 41.7 Å². The van der Waals surface area contributed by atoms with Crippen LogP contribution in [-0.2, 0) is 9.53 Å². The number of anilines is 1. The molecule has 5 nitrogen and oxygen atoms in total. The molecule has 0 heterocycles. The van der Waals surface area contributed by atoms with E-state index in [-0.39, 0.29) is 12.0 Å². The third-order valence-electron chi connectivity index (χ3n) is 4.55. The fourth-order valence-electron chi connectivity index (χ4n) is 3.20. The Labute approximate surface area is 164 Å². The largest absolute Gasteiger partial charge is 0.491 e. The van der Waals surface area contributed by atoms with E-state index in [1.807, 2.05) is 13.8 Å². The van der Waals surface area contributed by atoms with Gasteiger partial charge in [-0.2, -0.15) is 5.26 Å². The van der Waals surface area contributed by atoms with Gasteiger partial charge in [-0.1, -0.05) is 34.6 Å². The lowest BCUT2D eigenvalue weighted by molar-refractivity contribution is -0.142. The van der Waals surface area contributed by atoms with Crippen molar-refractivity contribution in [2.45, 2.75) is 72.5 Å². The van der Waals surface area contributed by atoms with E-state index in [2.05, 4.69) is 39.1 Å². The maximum atomic E-state index is 13.1. The summed E-state index contributed by atoms with van der Waals surface area (Å²) in [6.45, 7) is 12.3. The van der Waals surface area contributed by atoms with Gasteiger partial charge in [0, 0.05) is 13.2 Å². The molecule has 5 heteroatoms. The van der Waals surface area contributed by atoms with Crippen molar-refractivity contribution in [3.05, 3.63) is 23.8 Å². The summed E-state index contributed by atoms with van der Waals surface area (Å²) in [5, 5.41) is 12.4. The lowest BCUT2D eigenvalue weighted by Crippen LogP contribution is -2.47. The molecule has 1 aromatic rings. The number of benzene rings is 1. The highest BCUT2D eigenvalue weighted by molar-refractivity contribution is 5.98. The van der Waals surface area contributed by atoms with Gasteiger partial charge in [-0.3, -0.25) is 4.79 Å². The van der Waals surface area contributed by atoms with E-state index < -0.39 is 5.60 Å². The van der Waals surface area contributed by atoms with Gasteiger partial charge in [-0.25, -0.2) is 0 Å². The van der Waals surface area contributed by atoms with Crippen LogP contribution in [0.4, 0.5) is 5.69 Å². The van der Waals surface area contributed by atoms with E-state index in [0.717, 1.165) is 6.42 Å². The molecule has 0 fully saturated rings. The van der Waals surface area contributed by atoms with Crippen molar-refractivity contribution < 1.29 is 14.3 Å². The molecule has 0 radical (unpaired) electrons. The molecule has 0 saturated carbocycles. The molecule has 0 spiro atoms. The normalized spacial score (nSPS) is 12.7. The van der Waals surface area contributed by atoms with E-state index >= 15 is 0 Å². The Morgan fingerprint density at radius 1 is 1.19 bits per heavy atom. The van der Waals surface area contributed by atoms with Crippen LogP contribution in [0.25, 0.3) is 0 Å². The van der Waals surface area contributed by atoms with Gasteiger partial charge in [0.2, 0.25) is 0 Å². The predicted molar refractivity (Wildman–Crippen MR) is 109 cm³/mol. The summed E-state index contributed by atoms with van der Waals surface area (Å²) in [7, 11) is 1.58. The first kappa shape index (κ1) is 23.0. The Morgan fingerprint density at radius 2 is 1.78 bits per heavy atom. The number of carbonyl (C=O) groups excluding carboxylic acids is 1. The van der Waals surface area contributed by atoms with Crippen LogP contribution in [0.2, 0.25) is 0 Å². The maximum Gasteiger partial charge on any atom is 0.256 e. The summed E-state index contributed by atoms with van der Waals surface area (Å²) >= 11 is 0. The number of nitriles is 1. The molecule has 27 heavy (non-hydrogen) atoms. The molecule has 0 unspecified atom stereocenters. The van der Waals surface area contributed by atoms with Crippen LogP contribution in [0.5, 0.6) is 5.75 Å². The number of nitrogens with zero attached hydrogens (tertiary/aromatic N) is 1. The standard InChI is InChI=1S/C22H34N2O3/c1-8-17(6)27-19-9-10-20(18(11-19)14-23)24-21(25)22(26-7,12-15(2)3)13-16(4)5/h9-11,15-17H,8,12-13H2,1-7H3,(H,24,25)/t17-/m1/s1. The van der Waals surface area contributed by atoms with Gasteiger partial charge in [0.15, 0.2) is 0 Å². The van der Waals surface area contributed by atoms with Gasteiger partial charge in [0.25, 0.3) is 5.91 Å². The monoisotopic (exact) mass is 374 g/mol. The molecule has 0 aliphatic heterocycles. The highest BCUT2D eigenvalue weighted by Gasteiger charge is 2.40. The Hall–Kier alpha value is -2.06. The smallest absolute Gasteiger partial charge is 0.256 e.